The van der Waals surface area contributed by atoms with E-state index in [1.165, 1.54) is 17.9 Å². The number of ketones is 1. The molecular formula is C27H41FN8O3. The summed E-state index contributed by atoms with van der Waals surface area (Å²) in [6, 6.07) is 1.64. The number of nitrogens with zero attached hydrogens (tertiary/aromatic N) is 6. The van der Waals surface area contributed by atoms with Gasteiger partial charge in [0.2, 0.25) is 11.9 Å². The Bertz CT molecular complexity index is 1210. The number of allylic oxidation sites excluding steroid dienone is 2. The van der Waals surface area contributed by atoms with E-state index in [0.717, 1.165) is 37.9 Å². The number of rotatable bonds is 3. The molecule has 1 saturated heterocycles. The fraction of sp³-hybridized carbons (Fsp3) is 0.407. The smallest absolute Gasteiger partial charge is 0.249 e. The summed E-state index contributed by atoms with van der Waals surface area (Å²) in [6.07, 6.45) is 8.11. The number of H-pyrrole nitrogens is 1. The number of piperazine rings is 1. The zero-order valence-corrected chi connectivity index (χ0v) is 23.9. The molecule has 39 heavy (non-hydrogen) atoms. The van der Waals surface area contributed by atoms with Gasteiger partial charge >= 0.3 is 0 Å². The van der Waals surface area contributed by atoms with Crippen LogP contribution in [0.15, 0.2) is 49.1 Å². The van der Waals surface area contributed by atoms with Crippen molar-refractivity contribution >= 4 is 34.8 Å². The molecule has 3 aromatic rings. The number of fused-ring (bicyclic) bond motifs is 1. The van der Waals surface area contributed by atoms with Gasteiger partial charge in [0.05, 0.1) is 11.7 Å². The number of hydrogen-bond donors (Lipinski definition) is 2. The number of aromatic amines is 1. The van der Waals surface area contributed by atoms with E-state index < -0.39 is 5.78 Å². The number of anilines is 1. The van der Waals surface area contributed by atoms with E-state index in [1.54, 1.807) is 18.3 Å². The number of carbonyl (C=O) groups excluding carboxylic acids is 3. The van der Waals surface area contributed by atoms with Gasteiger partial charge in [0.15, 0.2) is 23.7 Å². The molecule has 1 amide bonds. The van der Waals surface area contributed by atoms with Gasteiger partial charge in [-0.3, -0.25) is 14.4 Å². The lowest BCUT2D eigenvalue weighted by atomic mass is 10.2. The molecule has 0 bridgehead atoms. The van der Waals surface area contributed by atoms with Crippen molar-refractivity contribution in [3.63, 3.8) is 0 Å². The molecule has 0 aromatic carbocycles. The van der Waals surface area contributed by atoms with Crippen LogP contribution in [0.25, 0.3) is 16.7 Å². The van der Waals surface area contributed by atoms with E-state index in [4.69, 9.17) is 10.5 Å². The predicted molar refractivity (Wildman–Crippen MR) is 153 cm³/mol. The highest BCUT2D eigenvalue weighted by Gasteiger charge is 2.19. The second-order valence-corrected chi connectivity index (χ2v) is 7.95. The van der Waals surface area contributed by atoms with Crippen molar-refractivity contribution in [2.45, 2.75) is 41.5 Å². The van der Waals surface area contributed by atoms with Crippen molar-refractivity contribution < 1.29 is 18.8 Å². The topological polar surface area (TPSA) is 143 Å². The number of nitrogen functional groups attached to an aromatic ring is 1. The van der Waals surface area contributed by atoms with E-state index in [9.17, 15) is 14.0 Å². The van der Waals surface area contributed by atoms with Gasteiger partial charge in [-0.15, -0.1) is 11.7 Å². The third-order valence-corrected chi connectivity index (χ3v) is 4.98. The van der Waals surface area contributed by atoms with Crippen molar-refractivity contribution in [2.75, 3.05) is 39.0 Å². The molecule has 0 radical (unpaired) electrons. The Morgan fingerprint density at radius 1 is 1.13 bits per heavy atom. The first-order chi connectivity index (χ1) is 18.6. The third kappa shape index (κ3) is 11.8. The molecule has 0 spiro atoms. The first-order valence-electron chi connectivity index (χ1n) is 12.5. The summed E-state index contributed by atoms with van der Waals surface area (Å²) in [5, 5.41) is 4.38. The van der Waals surface area contributed by atoms with E-state index in [-0.39, 0.29) is 24.0 Å². The van der Waals surface area contributed by atoms with Crippen LogP contribution < -0.4 is 5.73 Å². The summed E-state index contributed by atoms with van der Waals surface area (Å²) >= 11 is 0. The number of Topliss-reactive ketones (excluding diaryl/α,β-unsaturated/α-hetero) is 1. The molecule has 0 saturated carbocycles. The zero-order chi connectivity index (χ0) is 30.0. The summed E-state index contributed by atoms with van der Waals surface area (Å²) in [5.74, 6) is -0.00915. The second-order valence-electron chi connectivity index (χ2n) is 7.95. The highest BCUT2D eigenvalue weighted by molar-refractivity contribution is 6.23. The van der Waals surface area contributed by atoms with Crippen LogP contribution in [0.3, 0.4) is 0 Å². The highest BCUT2D eigenvalue weighted by atomic mass is 19.1. The number of nitrogens with two attached hydrogens (primary N) is 1. The summed E-state index contributed by atoms with van der Waals surface area (Å²) in [7, 11) is 2.09. The van der Waals surface area contributed by atoms with E-state index >= 15 is 0 Å². The number of aromatic nitrogens is 5. The number of pyridine rings is 1. The van der Waals surface area contributed by atoms with Crippen molar-refractivity contribution in [3.05, 3.63) is 54.9 Å². The minimum atomic E-state index is -0.426. The SMILES string of the molecule is C/C=C(\C)C(=O)N1CCN(C)CC1.C=CC.CC.CC(=O)C=O.Nc1ncn(-c2ncc(F)c3cc[nH]c23)n1. The van der Waals surface area contributed by atoms with Crippen molar-refractivity contribution in [2.24, 2.45) is 0 Å². The fourth-order valence-electron chi connectivity index (χ4n) is 2.94. The molecule has 214 valence electrons. The van der Waals surface area contributed by atoms with Gasteiger partial charge in [-0.05, 0) is 33.9 Å². The van der Waals surface area contributed by atoms with Crippen molar-refractivity contribution in [1.29, 1.82) is 0 Å². The molecule has 0 aliphatic carbocycles. The molecule has 3 aromatic heterocycles. The van der Waals surface area contributed by atoms with Crippen LogP contribution in [0.4, 0.5) is 10.3 Å². The Hall–Kier alpha value is -4.19. The lowest BCUT2D eigenvalue weighted by molar-refractivity contribution is -0.128. The van der Waals surface area contributed by atoms with Gasteiger partial charge in [0.1, 0.15) is 6.33 Å². The summed E-state index contributed by atoms with van der Waals surface area (Å²) in [4.78, 5) is 45.1. The maximum Gasteiger partial charge on any atom is 0.249 e. The molecule has 1 aliphatic rings. The Labute approximate surface area is 229 Å². The van der Waals surface area contributed by atoms with Crippen LogP contribution in [-0.4, -0.2) is 85.7 Å². The van der Waals surface area contributed by atoms with Crippen molar-refractivity contribution in [1.82, 2.24) is 34.5 Å². The number of hydrogen-bond acceptors (Lipinski definition) is 8. The molecule has 3 N–H and O–H groups in total. The summed E-state index contributed by atoms with van der Waals surface area (Å²) in [6.45, 7) is 17.9. The Kier molecular flexibility index (Phi) is 16.9. The van der Waals surface area contributed by atoms with Gasteiger partial charge in [-0.1, -0.05) is 26.0 Å². The number of nitrogens with one attached hydrogen (secondary N) is 1. The maximum atomic E-state index is 13.4. The minimum Gasteiger partial charge on any atom is -0.366 e. The van der Waals surface area contributed by atoms with Gasteiger partial charge < -0.3 is 20.5 Å². The predicted octanol–water partition coefficient (Wildman–Crippen LogP) is 3.58. The molecule has 12 heteroatoms. The molecule has 4 rings (SSSR count). The molecule has 1 fully saturated rings. The molecule has 4 heterocycles. The monoisotopic (exact) mass is 544 g/mol. The molecule has 0 atom stereocenters. The quantitative estimate of drug-likeness (QED) is 0.220. The molecule has 11 nitrogen and oxygen atoms in total. The number of amides is 1. The highest BCUT2D eigenvalue weighted by Crippen LogP contribution is 2.20. The van der Waals surface area contributed by atoms with E-state index in [2.05, 4.69) is 38.6 Å². The van der Waals surface area contributed by atoms with Gasteiger partial charge in [-0.25, -0.2) is 14.4 Å². The average Bonchev–Trinajstić information content (AvgIpc) is 3.61. The van der Waals surface area contributed by atoms with E-state index in [0.29, 0.717) is 16.7 Å². The normalized spacial score (nSPS) is 12.7. The lowest BCUT2D eigenvalue weighted by Gasteiger charge is -2.32. The van der Waals surface area contributed by atoms with Crippen LogP contribution in [0.2, 0.25) is 0 Å². The fourth-order valence-corrected chi connectivity index (χ4v) is 2.94. The lowest BCUT2D eigenvalue weighted by Crippen LogP contribution is -2.47. The first-order valence-corrected chi connectivity index (χ1v) is 12.5. The van der Waals surface area contributed by atoms with Crippen LogP contribution in [0.5, 0.6) is 0 Å². The molecular weight excluding hydrogens is 503 g/mol. The van der Waals surface area contributed by atoms with Crippen LogP contribution in [-0.2, 0) is 14.4 Å². The van der Waals surface area contributed by atoms with Gasteiger partial charge in [-0.2, -0.15) is 4.68 Å². The Morgan fingerprint density at radius 3 is 2.15 bits per heavy atom. The summed E-state index contributed by atoms with van der Waals surface area (Å²) in [5.41, 5.74) is 6.82. The Morgan fingerprint density at radius 2 is 1.69 bits per heavy atom. The zero-order valence-electron chi connectivity index (χ0n) is 23.9. The number of carbonyl (C=O) groups is 3. The van der Waals surface area contributed by atoms with Crippen molar-refractivity contribution in [3.8, 4) is 5.82 Å². The average molecular weight is 545 g/mol. The minimum absolute atomic E-state index is 0.144. The first kappa shape index (κ1) is 34.8. The molecule has 1 aliphatic heterocycles. The number of likely N-dealkylation sites (N-methyl/N-ethyl adjacent to an activating group) is 1. The van der Waals surface area contributed by atoms with Crippen LogP contribution >= 0.6 is 0 Å². The van der Waals surface area contributed by atoms with E-state index in [1.807, 2.05) is 45.6 Å². The number of aldehydes is 1. The molecule has 0 unspecified atom stereocenters. The standard InChI is InChI=1S/C10H18N2O.C9H7FN6.C3H4O2.C3H6.C2H6/c1-4-9(2)10(13)12-7-5-11(3)6-8-12;10-6-3-13-8(7-5(6)1-2-12-7)16-4-14-9(11)15-16;1-3(5)2-4;1-3-2;1-2/h4H,5-8H2,1-3H3;1-4,12H,(H2,11,15);2H,1H3;3H,1H2,2H3;1-2H3/b9-4+;;;;. The Balaban J connectivity index is 0.000000563. The van der Waals surface area contributed by atoms with Gasteiger partial charge in [0, 0.05) is 50.3 Å². The van der Waals surface area contributed by atoms with Crippen LogP contribution in [0.1, 0.15) is 41.5 Å². The summed E-state index contributed by atoms with van der Waals surface area (Å²) < 4.78 is 14.8. The maximum absolute atomic E-state index is 13.4. The third-order valence-electron chi connectivity index (χ3n) is 4.98. The number of halogens is 1. The second kappa shape index (κ2) is 19.0. The van der Waals surface area contributed by atoms with Crippen LogP contribution in [0, 0.1) is 5.82 Å². The van der Waals surface area contributed by atoms with Gasteiger partial charge in [0.25, 0.3) is 0 Å². The largest absolute Gasteiger partial charge is 0.366 e.